The van der Waals surface area contributed by atoms with Gasteiger partial charge in [0.05, 0.1) is 16.6 Å². The monoisotopic (exact) mass is 578 g/mol. The van der Waals surface area contributed by atoms with Crippen LogP contribution in [0.15, 0.2) is 35.9 Å². The number of amides is 1. The van der Waals surface area contributed by atoms with E-state index in [0.29, 0.717) is 18.9 Å². The van der Waals surface area contributed by atoms with Gasteiger partial charge in [0, 0.05) is 39.2 Å². The fourth-order valence-corrected chi connectivity index (χ4v) is 11.9. The van der Waals surface area contributed by atoms with Gasteiger partial charge in [-0.15, -0.1) is 11.3 Å². The molecular formula is C34H46N2O4S. The molecule has 222 valence electrons. The molecule has 8 rings (SSSR count). The predicted octanol–water partition coefficient (Wildman–Crippen LogP) is 5.03. The number of Topliss-reactive ketones (excluding diaryl/α,β-unsaturated/α-hetero) is 1. The molecule has 4 fully saturated rings. The third-order valence-electron chi connectivity index (χ3n) is 13.4. The summed E-state index contributed by atoms with van der Waals surface area (Å²) in [5.41, 5.74) is 4.60. The largest absolute Gasteiger partial charge is 0.393 e. The summed E-state index contributed by atoms with van der Waals surface area (Å²) in [5.74, 6) is 0.346. The van der Waals surface area contributed by atoms with Gasteiger partial charge in [-0.25, -0.2) is 0 Å². The molecule has 2 heterocycles. The second kappa shape index (κ2) is 9.10. The number of hydrogen-bond acceptors (Lipinski definition) is 6. The molecule has 0 radical (unpaired) electrons. The van der Waals surface area contributed by atoms with E-state index in [4.69, 9.17) is 5.73 Å². The zero-order chi connectivity index (χ0) is 29.0. The third-order valence-corrected chi connectivity index (χ3v) is 14.4. The summed E-state index contributed by atoms with van der Waals surface area (Å²) in [5, 5.41) is 23.4. The number of thiophene rings is 1. The lowest BCUT2D eigenvalue weighted by Crippen LogP contribution is -2.67. The number of aliphatic hydroxyl groups excluding tert-OH is 1. The zero-order valence-corrected chi connectivity index (χ0v) is 25.6. The Morgan fingerprint density at radius 1 is 1.00 bits per heavy atom. The average molecular weight is 579 g/mol. The average Bonchev–Trinajstić information content (AvgIpc) is 3.48. The topological polar surface area (TPSA) is 104 Å². The van der Waals surface area contributed by atoms with Crippen molar-refractivity contribution in [3.63, 3.8) is 0 Å². The number of nitrogens with zero attached hydrogens (tertiary/aromatic N) is 1. The Bertz CT molecular complexity index is 1340. The van der Waals surface area contributed by atoms with E-state index in [-0.39, 0.29) is 45.9 Å². The standard InChI is InChI=1S/C34H46N2O4S/c1-21-4-5-25(41-21)28(38)24-19-32-14-15-34(24)26(30(32,2)11-6-23(37)18-32)7-12-31(3)27(34)8-13-33(31,40)20-36-16-9-22(10-17-36)29(35)39/h4-5,14-15,19,22-23,26-27,37,40H,6-13,16-18,20H2,1-3H3,(H2,35,39)/t23?,26-,27-,30-,31+,32+,33-,34-/m1/s1. The molecule has 2 bridgehead atoms. The molecule has 1 saturated heterocycles. The molecule has 0 aromatic carbocycles. The van der Waals surface area contributed by atoms with Crippen molar-refractivity contribution in [3.05, 3.63) is 45.7 Å². The fourth-order valence-electron chi connectivity index (χ4n) is 11.0. The molecule has 6 nitrogen and oxygen atoms in total. The van der Waals surface area contributed by atoms with Gasteiger partial charge in [-0.2, -0.15) is 0 Å². The summed E-state index contributed by atoms with van der Waals surface area (Å²) in [7, 11) is 0. The van der Waals surface area contributed by atoms with Gasteiger partial charge in [-0.05, 0) is 107 Å². The van der Waals surface area contributed by atoms with Crippen molar-refractivity contribution >= 4 is 23.0 Å². The lowest BCUT2D eigenvalue weighted by molar-refractivity contribution is -0.177. The molecule has 4 N–H and O–H groups in total. The van der Waals surface area contributed by atoms with Gasteiger partial charge < -0.3 is 20.8 Å². The van der Waals surface area contributed by atoms with Gasteiger partial charge in [0.1, 0.15) is 0 Å². The molecule has 1 amide bonds. The third kappa shape index (κ3) is 3.64. The number of hydrogen-bond donors (Lipinski definition) is 3. The highest BCUT2D eigenvalue weighted by Crippen LogP contribution is 2.78. The summed E-state index contributed by atoms with van der Waals surface area (Å²) in [6.45, 7) is 8.98. The summed E-state index contributed by atoms with van der Waals surface area (Å²) < 4.78 is 0. The molecule has 7 aliphatic rings. The second-order valence-electron chi connectivity index (χ2n) is 15.0. The maximum Gasteiger partial charge on any atom is 0.220 e. The van der Waals surface area contributed by atoms with Gasteiger partial charge in [0.2, 0.25) is 5.91 Å². The summed E-state index contributed by atoms with van der Waals surface area (Å²) in [6, 6.07) is 4.02. The molecule has 8 atom stereocenters. The maximum atomic E-state index is 14.5. The van der Waals surface area contributed by atoms with E-state index in [0.717, 1.165) is 79.8 Å². The smallest absolute Gasteiger partial charge is 0.220 e. The number of aliphatic hydroxyl groups is 2. The normalized spacial score (nSPS) is 45.6. The molecule has 7 heteroatoms. The Morgan fingerprint density at radius 2 is 1.68 bits per heavy atom. The number of rotatable bonds is 5. The SMILES string of the molecule is Cc1ccc(C(=O)C2=C[C@@]34C=C[C@@]25[C@@H]2CC[C@@](O)(CN6CCC(C(N)=O)CC6)[C@@]2(C)CC[C@@H]5[C@@]3(C)CCC(O)C4)s1. The maximum absolute atomic E-state index is 14.5. The number of nitrogens with two attached hydrogens (primary N) is 1. The van der Waals surface area contributed by atoms with Gasteiger partial charge in [0.25, 0.3) is 0 Å². The van der Waals surface area contributed by atoms with Gasteiger partial charge in [0.15, 0.2) is 5.78 Å². The second-order valence-corrected chi connectivity index (χ2v) is 16.3. The molecule has 41 heavy (non-hydrogen) atoms. The first-order valence-corrected chi connectivity index (χ1v) is 16.7. The first kappa shape index (κ1) is 28.0. The lowest BCUT2D eigenvalue weighted by atomic mass is 9.32. The van der Waals surface area contributed by atoms with Crippen molar-refractivity contribution in [2.24, 2.45) is 45.1 Å². The number of ketones is 1. The predicted molar refractivity (Wildman–Crippen MR) is 160 cm³/mol. The number of primary amides is 1. The van der Waals surface area contributed by atoms with Gasteiger partial charge >= 0.3 is 0 Å². The Balaban J connectivity index is 1.29. The van der Waals surface area contributed by atoms with E-state index in [1.54, 1.807) is 11.3 Å². The first-order valence-electron chi connectivity index (χ1n) is 15.8. The van der Waals surface area contributed by atoms with Crippen LogP contribution in [0.25, 0.3) is 0 Å². The van der Waals surface area contributed by atoms with Crippen molar-refractivity contribution in [3.8, 4) is 0 Å². The number of carbonyl (C=O) groups is 2. The highest BCUT2D eigenvalue weighted by atomic mass is 32.1. The summed E-state index contributed by atoms with van der Waals surface area (Å²) in [4.78, 5) is 30.5. The van der Waals surface area contributed by atoms with E-state index >= 15 is 0 Å². The van der Waals surface area contributed by atoms with Crippen molar-refractivity contribution < 1.29 is 19.8 Å². The number of piperidine rings is 1. The number of likely N-dealkylation sites (tertiary alicyclic amines) is 1. The van der Waals surface area contributed by atoms with Crippen LogP contribution in [0.1, 0.15) is 86.2 Å². The highest BCUT2D eigenvalue weighted by molar-refractivity contribution is 7.14. The van der Waals surface area contributed by atoms with E-state index in [2.05, 4.69) is 43.9 Å². The van der Waals surface area contributed by atoms with E-state index in [1.807, 2.05) is 12.1 Å². The van der Waals surface area contributed by atoms with Crippen molar-refractivity contribution in [2.75, 3.05) is 19.6 Å². The number of fused-ring (bicyclic) bond motifs is 1. The van der Waals surface area contributed by atoms with E-state index in [1.165, 1.54) is 0 Å². The van der Waals surface area contributed by atoms with Crippen molar-refractivity contribution in [1.29, 1.82) is 0 Å². The first-order chi connectivity index (χ1) is 19.4. The van der Waals surface area contributed by atoms with Gasteiger partial charge in [-0.1, -0.05) is 32.1 Å². The Morgan fingerprint density at radius 3 is 2.37 bits per heavy atom. The summed E-state index contributed by atoms with van der Waals surface area (Å²) in [6.07, 6.45) is 14.2. The minimum atomic E-state index is -0.853. The molecular weight excluding hydrogens is 532 g/mol. The van der Waals surface area contributed by atoms with Crippen molar-refractivity contribution in [2.45, 2.75) is 90.3 Å². The molecule has 1 aliphatic heterocycles. The van der Waals surface area contributed by atoms with Crippen LogP contribution in [0.5, 0.6) is 0 Å². The lowest BCUT2D eigenvalue weighted by Gasteiger charge is -2.71. The number of carbonyl (C=O) groups excluding carboxylic acids is 2. The number of allylic oxidation sites excluding steroid dienone is 4. The molecule has 2 spiro atoms. The minimum Gasteiger partial charge on any atom is -0.393 e. The fraction of sp³-hybridized carbons (Fsp3) is 0.706. The zero-order valence-electron chi connectivity index (χ0n) is 24.8. The highest BCUT2D eigenvalue weighted by Gasteiger charge is 2.74. The van der Waals surface area contributed by atoms with Crippen molar-refractivity contribution in [1.82, 2.24) is 4.90 Å². The number of aryl methyl sites for hydroxylation is 1. The number of β-amino-alcohol motifs (C(OH)–C–C–N with tert-alkyl or cyclic N) is 1. The molecule has 6 aliphatic carbocycles. The van der Waals surface area contributed by atoms with Crippen LogP contribution in [0.3, 0.4) is 0 Å². The van der Waals surface area contributed by atoms with Crippen LogP contribution in [-0.2, 0) is 4.79 Å². The Hall–Kier alpha value is -1.80. The molecule has 1 aromatic rings. The van der Waals surface area contributed by atoms with Crippen LogP contribution in [-0.4, -0.2) is 58.1 Å². The van der Waals surface area contributed by atoms with Crippen LogP contribution >= 0.6 is 11.3 Å². The van der Waals surface area contributed by atoms with Crippen LogP contribution in [0.4, 0.5) is 0 Å². The van der Waals surface area contributed by atoms with Crippen LogP contribution < -0.4 is 5.73 Å². The van der Waals surface area contributed by atoms with Gasteiger partial charge in [-0.3, -0.25) is 9.59 Å². The Kier molecular flexibility index (Phi) is 6.22. The Labute approximate surface area is 248 Å². The van der Waals surface area contributed by atoms with E-state index < -0.39 is 11.0 Å². The molecule has 3 saturated carbocycles. The molecule has 1 unspecified atom stereocenters. The minimum absolute atomic E-state index is 0.0190. The molecule has 1 aromatic heterocycles. The summed E-state index contributed by atoms with van der Waals surface area (Å²) >= 11 is 1.58. The quantitative estimate of drug-likeness (QED) is 0.336. The van der Waals surface area contributed by atoms with Crippen LogP contribution in [0.2, 0.25) is 0 Å². The van der Waals surface area contributed by atoms with E-state index in [9.17, 15) is 19.8 Å². The van der Waals surface area contributed by atoms with Crippen LogP contribution in [0, 0.1) is 46.3 Å².